The van der Waals surface area contributed by atoms with Crippen LogP contribution in [0.5, 0.6) is 5.75 Å². The lowest BCUT2D eigenvalue weighted by Crippen LogP contribution is -2.05. The topological polar surface area (TPSA) is 44.0 Å². The summed E-state index contributed by atoms with van der Waals surface area (Å²) in [6.07, 6.45) is 1.60. The Morgan fingerprint density at radius 3 is 2.64 bits per heavy atom. The summed E-state index contributed by atoms with van der Waals surface area (Å²) in [5.41, 5.74) is 1.04. The number of halogens is 1. The van der Waals surface area contributed by atoms with E-state index >= 15 is 0 Å². The van der Waals surface area contributed by atoms with Crippen molar-refractivity contribution in [1.82, 2.24) is 0 Å². The van der Waals surface area contributed by atoms with Crippen LogP contribution in [0.1, 0.15) is 24.0 Å². The molecule has 2 nitrogen and oxygen atoms in total. The summed E-state index contributed by atoms with van der Waals surface area (Å²) in [5.74, 6) is -0.993. The summed E-state index contributed by atoms with van der Waals surface area (Å²) in [7, 11) is 0. The van der Waals surface area contributed by atoms with Gasteiger partial charge in [0.05, 0.1) is 11.5 Å². The van der Waals surface area contributed by atoms with Gasteiger partial charge in [0.1, 0.15) is 0 Å². The summed E-state index contributed by atoms with van der Waals surface area (Å²) in [4.78, 5) is 0. The van der Waals surface area contributed by atoms with E-state index in [0.717, 1.165) is 24.0 Å². The molecule has 72 valence electrons. The zero-order valence-electron chi connectivity index (χ0n) is 7.84. The van der Waals surface area contributed by atoms with Crippen molar-refractivity contribution in [3.05, 3.63) is 29.1 Å². The first-order valence-corrected chi connectivity index (χ1v) is 4.50. The second kappa shape index (κ2) is 2.71. The monoisotopic (exact) mass is 191 g/mol. The van der Waals surface area contributed by atoms with Gasteiger partial charge in [0.25, 0.3) is 0 Å². The van der Waals surface area contributed by atoms with Crippen LogP contribution in [-0.2, 0) is 5.41 Å². The molecule has 0 amide bonds. The van der Waals surface area contributed by atoms with Crippen molar-refractivity contribution in [2.24, 2.45) is 0 Å². The molecule has 0 atom stereocenters. The first-order chi connectivity index (χ1) is 6.59. The van der Waals surface area contributed by atoms with Gasteiger partial charge in [-0.15, -0.1) is 0 Å². The Hall–Kier alpha value is -1.56. The summed E-state index contributed by atoms with van der Waals surface area (Å²) < 4.78 is 12.9. The van der Waals surface area contributed by atoms with Crippen LogP contribution < -0.4 is 0 Å². The SMILES string of the molecule is Cc1cc(F)c(O)cc1C1(C#N)CC1. The molecular weight excluding hydrogens is 181 g/mol. The highest BCUT2D eigenvalue weighted by Gasteiger charge is 2.46. The van der Waals surface area contributed by atoms with E-state index in [9.17, 15) is 9.50 Å². The molecule has 1 aromatic rings. The second-order valence-electron chi connectivity index (χ2n) is 3.81. The van der Waals surface area contributed by atoms with E-state index < -0.39 is 11.2 Å². The average Bonchev–Trinajstić information content (AvgIpc) is 2.92. The highest BCUT2D eigenvalue weighted by molar-refractivity contribution is 5.47. The second-order valence-corrected chi connectivity index (χ2v) is 3.81. The van der Waals surface area contributed by atoms with Crippen LogP contribution in [-0.4, -0.2) is 5.11 Å². The van der Waals surface area contributed by atoms with Gasteiger partial charge in [-0.2, -0.15) is 5.26 Å². The number of aryl methyl sites for hydroxylation is 1. The van der Waals surface area contributed by atoms with Crippen LogP contribution in [0, 0.1) is 24.1 Å². The Labute approximate surface area is 81.6 Å². The summed E-state index contributed by atoms with van der Waals surface area (Å²) in [5, 5.41) is 18.2. The third-order valence-corrected chi connectivity index (χ3v) is 2.77. The predicted molar refractivity (Wildman–Crippen MR) is 49.3 cm³/mol. The number of hydrogen-bond donors (Lipinski definition) is 1. The highest BCUT2D eigenvalue weighted by Crippen LogP contribution is 2.49. The van der Waals surface area contributed by atoms with Gasteiger partial charge < -0.3 is 5.11 Å². The van der Waals surface area contributed by atoms with Crippen LogP contribution in [0.3, 0.4) is 0 Å². The molecule has 3 heteroatoms. The van der Waals surface area contributed by atoms with Crippen molar-refractivity contribution in [3.63, 3.8) is 0 Å². The molecule has 0 aromatic heterocycles. The predicted octanol–water partition coefficient (Wildman–Crippen LogP) is 2.39. The Balaban J connectivity index is 2.55. The first-order valence-electron chi connectivity index (χ1n) is 4.50. The number of hydrogen-bond acceptors (Lipinski definition) is 2. The first kappa shape index (κ1) is 9.01. The lowest BCUT2D eigenvalue weighted by atomic mass is 9.93. The molecule has 1 N–H and O–H groups in total. The molecule has 0 aliphatic heterocycles. The number of nitrogens with zero attached hydrogens (tertiary/aromatic N) is 1. The van der Waals surface area contributed by atoms with E-state index in [1.807, 2.05) is 0 Å². The quantitative estimate of drug-likeness (QED) is 0.740. The molecule has 0 saturated heterocycles. The van der Waals surface area contributed by atoms with Gasteiger partial charge in [0, 0.05) is 0 Å². The standard InChI is InChI=1S/C11H10FNO/c1-7-4-9(12)10(14)5-8(7)11(6-13)2-3-11/h4-5,14H,2-3H2,1H3. The molecule has 1 aromatic carbocycles. The van der Waals surface area contributed by atoms with Crippen LogP contribution in [0.25, 0.3) is 0 Å². The molecule has 0 bridgehead atoms. The van der Waals surface area contributed by atoms with Crippen molar-refractivity contribution in [2.45, 2.75) is 25.2 Å². The smallest absolute Gasteiger partial charge is 0.165 e. The lowest BCUT2D eigenvalue weighted by molar-refractivity contribution is 0.430. The van der Waals surface area contributed by atoms with Gasteiger partial charge in [-0.3, -0.25) is 0 Å². The number of nitriles is 1. The zero-order chi connectivity index (χ0) is 10.3. The van der Waals surface area contributed by atoms with Gasteiger partial charge in [-0.05, 0) is 43.0 Å². The normalized spacial score (nSPS) is 17.5. The molecule has 1 aliphatic carbocycles. The number of aromatic hydroxyl groups is 1. The average molecular weight is 191 g/mol. The number of benzene rings is 1. The molecule has 0 radical (unpaired) electrons. The molecular formula is C11H10FNO. The fourth-order valence-corrected chi connectivity index (χ4v) is 1.74. The summed E-state index contributed by atoms with van der Waals surface area (Å²) >= 11 is 0. The maximum absolute atomic E-state index is 12.9. The van der Waals surface area contributed by atoms with E-state index in [0.29, 0.717) is 0 Å². The molecule has 1 saturated carbocycles. The van der Waals surface area contributed by atoms with Gasteiger partial charge in [-0.1, -0.05) is 0 Å². The van der Waals surface area contributed by atoms with Crippen LogP contribution in [0.4, 0.5) is 4.39 Å². The molecule has 14 heavy (non-hydrogen) atoms. The van der Waals surface area contributed by atoms with Crippen LogP contribution in [0.2, 0.25) is 0 Å². The van der Waals surface area contributed by atoms with Gasteiger partial charge in [0.2, 0.25) is 0 Å². The van der Waals surface area contributed by atoms with Crippen molar-refractivity contribution in [1.29, 1.82) is 5.26 Å². The third kappa shape index (κ3) is 1.15. The molecule has 1 aliphatic rings. The Morgan fingerprint density at radius 1 is 1.50 bits per heavy atom. The van der Waals surface area contributed by atoms with Crippen molar-refractivity contribution in [3.8, 4) is 11.8 Å². The molecule has 1 fully saturated rings. The molecule has 0 spiro atoms. The molecule has 2 rings (SSSR count). The number of phenolic OH excluding ortho intramolecular Hbond substituents is 1. The lowest BCUT2D eigenvalue weighted by Gasteiger charge is -2.10. The maximum Gasteiger partial charge on any atom is 0.165 e. The fourth-order valence-electron chi connectivity index (χ4n) is 1.74. The number of phenols is 1. The van der Waals surface area contributed by atoms with E-state index in [1.54, 1.807) is 6.92 Å². The minimum absolute atomic E-state index is 0.368. The fraction of sp³-hybridized carbons (Fsp3) is 0.364. The third-order valence-electron chi connectivity index (χ3n) is 2.77. The molecule has 0 heterocycles. The van der Waals surface area contributed by atoms with Crippen molar-refractivity contribution < 1.29 is 9.50 Å². The number of rotatable bonds is 1. The minimum atomic E-state index is -0.625. The zero-order valence-corrected chi connectivity index (χ0v) is 7.84. The Kier molecular flexibility index (Phi) is 1.75. The highest BCUT2D eigenvalue weighted by atomic mass is 19.1. The molecule has 0 unspecified atom stereocenters. The Bertz CT molecular complexity index is 430. The summed E-state index contributed by atoms with van der Waals surface area (Å²) in [6.45, 7) is 1.76. The van der Waals surface area contributed by atoms with Crippen LogP contribution >= 0.6 is 0 Å². The van der Waals surface area contributed by atoms with E-state index in [-0.39, 0.29) is 5.75 Å². The van der Waals surface area contributed by atoms with E-state index in [4.69, 9.17) is 5.26 Å². The van der Waals surface area contributed by atoms with Gasteiger partial charge in [0.15, 0.2) is 11.6 Å². The van der Waals surface area contributed by atoms with Gasteiger partial charge >= 0.3 is 0 Å². The maximum atomic E-state index is 12.9. The van der Waals surface area contributed by atoms with Crippen LogP contribution in [0.15, 0.2) is 12.1 Å². The van der Waals surface area contributed by atoms with Gasteiger partial charge in [-0.25, -0.2) is 4.39 Å². The largest absolute Gasteiger partial charge is 0.505 e. The summed E-state index contributed by atoms with van der Waals surface area (Å²) in [6, 6.07) is 4.88. The van der Waals surface area contributed by atoms with E-state index in [1.165, 1.54) is 12.1 Å². The van der Waals surface area contributed by atoms with E-state index in [2.05, 4.69) is 6.07 Å². The van der Waals surface area contributed by atoms with Crippen molar-refractivity contribution >= 4 is 0 Å². The van der Waals surface area contributed by atoms with Crippen molar-refractivity contribution in [2.75, 3.05) is 0 Å². The minimum Gasteiger partial charge on any atom is -0.505 e. The Morgan fingerprint density at radius 2 is 2.14 bits per heavy atom.